The molecule has 0 aliphatic rings. The number of methoxy groups -OCH3 is 1. The number of hydroxylamine groups is 1. The second kappa shape index (κ2) is 10.9. The average Bonchev–Trinajstić information content (AvgIpc) is 2.71. The molecule has 0 aliphatic heterocycles. The third-order valence-electron chi connectivity index (χ3n) is 5.11. The molecule has 0 saturated heterocycles. The topological polar surface area (TPSA) is 125 Å². The van der Waals surface area contributed by atoms with Crippen molar-refractivity contribution in [2.45, 2.75) is 45.6 Å². The molecular formula is C21H32N2O6. The predicted molar refractivity (Wildman–Crippen MR) is 107 cm³/mol. The molecule has 1 aromatic carbocycles. The molecule has 0 radical (unpaired) electrons. The fourth-order valence-electron chi connectivity index (χ4n) is 3.38. The van der Waals surface area contributed by atoms with Crippen molar-refractivity contribution in [3.63, 3.8) is 0 Å². The van der Waals surface area contributed by atoms with Crippen LogP contribution in [0.1, 0.15) is 39.2 Å². The zero-order chi connectivity index (χ0) is 22.2. The molecule has 3 atom stereocenters. The van der Waals surface area contributed by atoms with E-state index < -0.39 is 29.1 Å². The SMILES string of the molecule is CNC(=O)[C@@H](CC(=O)[C@](O)(CC(C)C)[C@H](C)C(=O)NO)Cc1ccc(OC)cc1. The zero-order valence-electron chi connectivity index (χ0n) is 17.7. The van der Waals surface area contributed by atoms with E-state index in [1.165, 1.54) is 19.5 Å². The summed E-state index contributed by atoms with van der Waals surface area (Å²) >= 11 is 0. The van der Waals surface area contributed by atoms with E-state index in [2.05, 4.69) is 5.32 Å². The van der Waals surface area contributed by atoms with Crippen molar-refractivity contribution in [3.05, 3.63) is 29.8 Å². The van der Waals surface area contributed by atoms with Gasteiger partial charge in [0.25, 0.3) is 0 Å². The summed E-state index contributed by atoms with van der Waals surface area (Å²) in [6.45, 7) is 5.01. The Hall–Kier alpha value is -2.45. The Balaban J connectivity index is 3.11. The van der Waals surface area contributed by atoms with Crippen LogP contribution >= 0.6 is 0 Å². The highest BCUT2D eigenvalue weighted by Gasteiger charge is 2.46. The average molecular weight is 408 g/mol. The van der Waals surface area contributed by atoms with Crippen molar-refractivity contribution < 1.29 is 29.4 Å². The molecule has 0 saturated carbocycles. The Morgan fingerprint density at radius 2 is 1.69 bits per heavy atom. The Morgan fingerprint density at radius 3 is 2.14 bits per heavy atom. The van der Waals surface area contributed by atoms with Gasteiger partial charge in [-0.3, -0.25) is 19.6 Å². The van der Waals surface area contributed by atoms with Gasteiger partial charge in [-0.15, -0.1) is 0 Å². The molecule has 1 rings (SSSR count). The van der Waals surface area contributed by atoms with Gasteiger partial charge in [0, 0.05) is 19.4 Å². The van der Waals surface area contributed by atoms with Gasteiger partial charge < -0.3 is 15.2 Å². The first-order valence-electron chi connectivity index (χ1n) is 9.63. The van der Waals surface area contributed by atoms with Gasteiger partial charge in [-0.25, -0.2) is 5.48 Å². The number of ketones is 1. The monoisotopic (exact) mass is 408 g/mol. The van der Waals surface area contributed by atoms with Gasteiger partial charge in [-0.1, -0.05) is 32.9 Å². The number of amides is 2. The van der Waals surface area contributed by atoms with E-state index in [4.69, 9.17) is 9.94 Å². The fourth-order valence-corrected chi connectivity index (χ4v) is 3.38. The first-order valence-corrected chi connectivity index (χ1v) is 9.63. The van der Waals surface area contributed by atoms with E-state index in [1.54, 1.807) is 31.4 Å². The smallest absolute Gasteiger partial charge is 0.249 e. The normalized spacial score (nSPS) is 15.2. The molecule has 0 heterocycles. The second-order valence-electron chi connectivity index (χ2n) is 7.71. The summed E-state index contributed by atoms with van der Waals surface area (Å²) in [4.78, 5) is 37.4. The maximum atomic E-state index is 13.1. The third-order valence-corrected chi connectivity index (χ3v) is 5.11. The lowest BCUT2D eigenvalue weighted by molar-refractivity contribution is -0.157. The first kappa shape index (κ1) is 24.6. The molecule has 0 aromatic heterocycles. The van der Waals surface area contributed by atoms with Gasteiger partial charge in [0.1, 0.15) is 11.4 Å². The second-order valence-corrected chi connectivity index (χ2v) is 7.71. The highest BCUT2D eigenvalue weighted by atomic mass is 16.5. The lowest BCUT2D eigenvalue weighted by atomic mass is 9.75. The molecule has 8 nitrogen and oxygen atoms in total. The number of hydrogen-bond acceptors (Lipinski definition) is 6. The summed E-state index contributed by atoms with van der Waals surface area (Å²) in [6.07, 6.45) is 0.0785. The summed E-state index contributed by atoms with van der Waals surface area (Å²) < 4.78 is 5.12. The predicted octanol–water partition coefficient (Wildman–Crippen LogP) is 1.48. The van der Waals surface area contributed by atoms with Crippen molar-refractivity contribution in [1.29, 1.82) is 0 Å². The van der Waals surface area contributed by atoms with Crippen LogP contribution < -0.4 is 15.5 Å². The van der Waals surface area contributed by atoms with Gasteiger partial charge in [-0.05, 0) is 36.5 Å². The lowest BCUT2D eigenvalue weighted by Crippen LogP contribution is -2.52. The summed E-state index contributed by atoms with van der Waals surface area (Å²) in [5, 5.41) is 22.6. The maximum Gasteiger partial charge on any atom is 0.249 e. The standard InChI is InChI=1S/C21H32N2O6/c1-13(2)12-21(27,14(3)19(25)23-28)18(24)11-16(20(26)22-4)10-15-6-8-17(29-5)9-7-15/h6-9,13-14,16,27-28H,10-12H2,1-5H3,(H,22,26)(H,23,25)/t14-,16-,21+/m1/s1. The Bertz CT molecular complexity index is 704. The number of carbonyl (C=O) groups excluding carboxylic acids is 3. The van der Waals surface area contributed by atoms with Crippen molar-refractivity contribution in [2.75, 3.05) is 14.2 Å². The van der Waals surface area contributed by atoms with Crippen LogP contribution in [0.25, 0.3) is 0 Å². The van der Waals surface area contributed by atoms with Crippen LogP contribution in [-0.2, 0) is 20.8 Å². The van der Waals surface area contributed by atoms with Crippen molar-refractivity contribution in [2.24, 2.45) is 17.8 Å². The minimum Gasteiger partial charge on any atom is -0.497 e. The van der Waals surface area contributed by atoms with Crippen molar-refractivity contribution in [1.82, 2.24) is 10.8 Å². The van der Waals surface area contributed by atoms with Gasteiger partial charge in [-0.2, -0.15) is 0 Å². The van der Waals surface area contributed by atoms with Crippen LogP contribution in [0.3, 0.4) is 0 Å². The Kier molecular flexibility index (Phi) is 9.26. The van der Waals surface area contributed by atoms with Crippen molar-refractivity contribution >= 4 is 17.6 Å². The Labute approximate surface area is 171 Å². The first-order chi connectivity index (χ1) is 13.6. The van der Waals surface area contributed by atoms with Crippen molar-refractivity contribution in [3.8, 4) is 5.75 Å². The maximum absolute atomic E-state index is 13.1. The molecule has 2 amide bonds. The number of carbonyl (C=O) groups is 3. The van der Waals surface area contributed by atoms with Gasteiger partial charge in [0.15, 0.2) is 5.78 Å². The highest BCUT2D eigenvalue weighted by molar-refractivity contribution is 5.96. The number of hydrogen-bond donors (Lipinski definition) is 4. The van der Waals surface area contributed by atoms with E-state index in [0.29, 0.717) is 5.75 Å². The number of Topliss-reactive ketones (excluding diaryl/α,β-unsaturated/α-hetero) is 1. The van der Waals surface area contributed by atoms with E-state index in [1.807, 2.05) is 13.8 Å². The molecule has 0 bridgehead atoms. The molecule has 162 valence electrons. The number of aliphatic hydroxyl groups is 1. The van der Waals surface area contributed by atoms with E-state index in [9.17, 15) is 19.5 Å². The largest absolute Gasteiger partial charge is 0.497 e. The number of rotatable bonds is 11. The highest BCUT2D eigenvalue weighted by Crippen LogP contribution is 2.30. The molecule has 0 aliphatic carbocycles. The van der Waals surface area contributed by atoms with E-state index in [0.717, 1.165) is 5.56 Å². The Morgan fingerprint density at radius 1 is 1.10 bits per heavy atom. The van der Waals surface area contributed by atoms with Gasteiger partial charge >= 0.3 is 0 Å². The summed E-state index contributed by atoms with van der Waals surface area (Å²) in [7, 11) is 3.04. The molecule has 1 aromatic rings. The van der Waals surface area contributed by atoms with Gasteiger partial charge in [0.2, 0.25) is 11.8 Å². The van der Waals surface area contributed by atoms with E-state index in [-0.39, 0.29) is 31.1 Å². The van der Waals surface area contributed by atoms with Crippen LogP contribution in [0.2, 0.25) is 0 Å². The summed E-state index contributed by atoms with van der Waals surface area (Å²) in [5.74, 6) is -3.09. The van der Waals surface area contributed by atoms with E-state index >= 15 is 0 Å². The third kappa shape index (κ3) is 6.54. The molecule has 8 heteroatoms. The van der Waals surface area contributed by atoms with Crippen LogP contribution in [-0.4, -0.2) is 47.7 Å². The quantitative estimate of drug-likeness (QED) is 0.325. The molecule has 0 fully saturated rings. The van der Waals surface area contributed by atoms with Crippen LogP contribution in [0.5, 0.6) is 5.75 Å². The van der Waals surface area contributed by atoms with Crippen LogP contribution in [0.4, 0.5) is 0 Å². The van der Waals surface area contributed by atoms with Gasteiger partial charge in [0.05, 0.1) is 13.0 Å². The number of nitrogens with one attached hydrogen (secondary N) is 2. The molecular weight excluding hydrogens is 376 g/mol. The van der Waals surface area contributed by atoms with Crippen LogP contribution in [0.15, 0.2) is 24.3 Å². The lowest BCUT2D eigenvalue weighted by Gasteiger charge is -2.34. The fraction of sp³-hybridized carbons (Fsp3) is 0.571. The molecule has 4 N–H and O–H groups in total. The summed E-state index contributed by atoms with van der Waals surface area (Å²) in [6, 6.07) is 7.14. The molecule has 29 heavy (non-hydrogen) atoms. The van der Waals surface area contributed by atoms with Crippen LogP contribution in [0, 0.1) is 17.8 Å². The molecule has 0 unspecified atom stereocenters. The zero-order valence-corrected chi connectivity index (χ0v) is 17.7. The number of benzene rings is 1. The molecule has 0 spiro atoms. The minimum atomic E-state index is -1.99. The minimum absolute atomic E-state index is 0.0312. The summed E-state index contributed by atoms with van der Waals surface area (Å²) in [5.41, 5.74) is 0.335. The number of ether oxygens (including phenoxy) is 1.